The summed E-state index contributed by atoms with van der Waals surface area (Å²) in [5.41, 5.74) is 0. The maximum absolute atomic E-state index is 11.4. The minimum Gasteiger partial charge on any atom is -0.353 e. The highest BCUT2D eigenvalue weighted by Crippen LogP contribution is 2.02. The molecule has 1 aromatic rings. The Balaban J connectivity index is 2.09. The normalized spacial score (nSPS) is 11.0. The topological polar surface area (TPSA) is 68.0 Å². The minimum absolute atomic E-state index is 0.0949. The maximum Gasteiger partial charge on any atom is 0.250 e. The summed E-state index contributed by atoms with van der Waals surface area (Å²) in [6.45, 7) is 4.41. The second kappa shape index (κ2) is 8.44. The molecule has 0 saturated carbocycles. The standard InChI is InChI=1S/C13H21N3O2/c1-3-4-5-6-8-12(17)14-10-7-9-13-15-11(2)16-18-13/h7,9H,3-6,8,10H2,1-2H3,(H,14,17). The van der Waals surface area contributed by atoms with Gasteiger partial charge in [0.1, 0.15) is 0 Å². The number of carbonyl (C=O) groups excluding carboxylic acids is 1. The van der Waals surface area contributed by atoms with Gasteiger partial charge in [0.2, 0.25) is 11.8 Å². The highest BCUT2D eigenvalue weighted by molar-refractivity contribution is 5.76. The fourth-order valence-corrected chi connectivity index (χ4v) is 1.51. The van der Waals surface area contributed by atoms with Gasteiger partial charge in [0.05, 0.1) is 0 Å². The maximum atomic E-state index is 11.4. The first kappa shape index (κ1) is 14.4. The van der Waals surface area contributed by atoms with E-state index >= 15 is 0 Å². The molecule has 0 radical (unpaired) electrons. The third kappa shape index (κ3) is 6.18. The molecule has 1 amide bonds. The van der Waals surface area contributed by atoms with Gasteiger partial charge in [-0.1, -0.05) is 37.4 Å². The lowest BCUT2D eigenvalue weighted by Gasteiger charge is -2.01. The lowest BCUT2D eigenvalue weighted by Crippen LogP contribution is -2.22. The van der Waals surface area contributed by atoms with E-state index in [4.69, 9.17) is 4.52 Å². The first-order chi connectivity index (χ1) is 8.72. The van der Waals surface area contributed by atoms with Gasteiger partial charge in [0, 0.05) is 19.0 Å². The number of nitrogens with zero attached hydrogens (tertiary/aromatic N) is 2. The zero-order valence-corrected chi connectivity index (χ0v) is 11.1. The van der Waals surface area contributed by atoms with Gasteiger partial charge in [-0.3, -0.25) is 4.79 Å². The number of hydrogen-bond donors (Lipinski definition) is 1. The number of carbonyl (C=O) groups is 1. The quantitative estimate of drug-likeness (QED) is 0.721. The number of amides is 1. The van der Waals surface area contributed by atoms with E-state index in [0.717, 1.165) is 12.8 Å². The molecule has 0 fully saturated rings. The van der Waals surface area contributed by atoms with E-state index in [-0.39, 0.29) is 5.91 Å². The Kier molecular flexibility index (Phi) is 6.76. The molecule has 18 heavy (non-hydrogen) atoms. The van der Waals surface area contributed by atoms with Crippen molar-refractivity contribution in [1.82, 2.24) is 15.5 Å². The van der Waals surface area contributed by atoms with Crippen LogP contribution in [0, 0.1) is 6.92 Å². The van der Waals surface area contributed by atoms with Gasteiger partial charge in [0.15, 0.2) is 5.82 Å². The van der Waals surface area contributed by atoms with Crippen LogP contribution < -0.4 is 5.32 Å². The van der Waals surface area contributed by atoms with Crippen LogP contribution in [0.4, 0.5) is 0 Å². The molecule has 1 aromatic heterocycles. The zero-order chi connectivity index (χ0) is 13.2. The Morgan fingerprint density at radius 2 is 2.22 bits per heavy atom. The summed E-state index contributed by atoms with van der Waals surface area (Å²) >= 11 is 0. The molecule has 100 valence electrons. The Labute approximate surface area is 108 Å². The number of rotatable bonds is 8. The van der Waals surface area contributed by atoms with Crippen molar-refractivity contribution in [2.45, 2.75) is 46.0 Å². The van der Waals surface area contributed by atoms with Crippen LogP contribution in [-0.4, -0.2) is 22.6 Å². The van der Waals surface area contributed by atoms with Crippen LogP contribution in [-0.2, 0) is 4.79 Å². The van der Waals surface area contributed by atoms with E-state index in [2.05, 4.69) is 22.4 Å². The minimum atomic E-state index is 0.0949. The molecule has 0 aliphatic rings. The zero-order valence-electron chi connectivity index (χ0n) is 11.1. The highest BCUT2D eigenvalue weighted by atomic mass is 16.5. The lowest BCUT2D eigenvalue weighted by molar-refractivity contribution is -0.121. The molecule has 1 heterocycles. The third-order valence-corrected chi connectivity index (χ3v) is 2.48. The van der Waals surface area contributed by atoms with Crippen molar-refractivity contribution in [3.8, 4) is 0 Å². The molecule has 0 aliphatic heterocycles. The first-order valence-electron chi connectivity index (χ1n) is 6.46. The highest BCUT2D eigenvalue weighted by Gasteiger charge is 1.99. The van der Waals surface area contributed by atoms with Crippen LogP contribution in [0.1, 0.15) is 50.7 Å². The number of hydrogen-bond acceptors (Lipinski definition) is 4. The van der Waals surface area contributed by atoms with Gasteiger partial charge < -0.3 is 9.84 Å². The van der Waals surface area contributed by atoms with E-state index < -0.39 is 0 Å². The predicted molar refractivity (Wildman–Crippen MR) is 69.8 cm³/mol. The molecular formula is C13H21N3O2. The Morgan fingerprint density at radius 1 is 1.39 bits per heavy atom. The second-order valence-corrected chi connectivity index (χ2v) is 4.20. The summed E-state index contributed by atoms with van der Waals surface area (Å²) in [6.07, 6.45) is 8.59. The molecule has 0 unspecified atom stereocenters. The summed E-state index contributed by atoms with van der Waals surface area (Å²) in [5.74, 6) is 1.16. The van der Waals surface area contributed by atoms with E-state index in [1.807, 2.05) is 0 Å². The number of unbranched alkanes of at least 4 members (excludes halogenated alkanes) is 3. The molecule has 1 rings (SSSR count). The smallest absolute Gasteiger partial charge is 0.250 e. The molecule has 0 saturated heterocycles. The third-order valence-electron chi connectivity index (χ3n) is 2.48. The predicted octanol–water partition coefficient (Wildman–Crippen LogP) is 2.48. The summed E-state index contributed by atoms with van der Waals surface area (Å²) in [5, 5.41) is 6.48. The molecule has 0 bridgehead atoms. The molecule has 0 aromatic carbocycles. The molecule has 5 heteroatoms. The summed E-state index contributed by atoms with van der Waals surface area (Å²) in [7, 11) is 0. The van der Waals surface area contributed by atoms with Crippen LogP contribution in [0.15, 0.2) is 10.6 Å². The van der Waals surface area contributed by atoms with Crippen molar-refractivity contribution < 1.29 is 9.32 Å². The van der Waals surface area contributed by atoms with Gasteiger partial charge in [-0.05, 0) is 13.3 Å². The monoisotopic (exact) mass is 251 g/mol. The van der Waals surface area contributed by atoms with Gasteiger partial charge in [-0.25, -0.2) is 0 Å². The lowest BCUT2D eigenvalue weighted by atomic mass is 10.1. The van der Waals surface area contributed by atoms with Gasteiger partial charge >= 0.3 is 0 Å². The van der Waals surface area contributed by atoms with E-state index in [0.29, 0.717) is 24.7 Å². The van der Waals surface area contributed by atoms with Crippen LogP contribution in [0.3, 0.4) is 0 Å². The van der Waals surface area contributed by atoms with E-state index in [1.165, 1.54) is 12.8 Å². The second-order valence-electron chi connectivity index (χ2n) is 4.20. The molecule has 0 spiro atoms. The SMILES string of the molecule is CCCCCCC(=O)NCC=Cc1nc(C)no1. The summed E-state index contributed by atoms with van der Waals surface area (Å²) < 4.78 is 4.90. The summed E-state index contributed by atoms with van der Waals surface area (Å²) in [4.78, 5) is 15.4. The van der Waals surface area contributed by atoms with Gasteiger partial charge in [-0.15, -0.1) is 0 Å². The Bertz CT molecular complexity index is 385. The summed E-state index contributed by atoms with van der Waals surface area (Å²) in [6, 6.07) is 0. The van der Waals surface area contributed by atoms with Crippen molar-refractivity contribution in [2.75, 3.05) is 6.54 Å². The van der Waals surface area contributed by atoms with Gasteiger partial charge in [-0.2, -0.15) is 4.98 Å². The largest absolute Gasteiger partial charge is 0.353 e. The molecule has 1 N–H and O–H groups in total. The van der Waals surface area contributed by atoms with E-state index in [1.54, 1.807) is 19.1 Å². The Morgan fingerprint density at radius 3 is 2.89 bits per heavy atom. The molecule has 5 nitrogen and oxygen atoms in total. The van der Waals surface area contributed by atoms with Crippen molar-refractivity contribution in [3.05, 3.63) is 17.8 Å². The average Bonchev–Trinajstić information content (AvgIpc) is 2.76. The number of aryl methyl sites for hydroxylation is 1. The van der Waals surface area contributed by atoms with Crippen LogP contribution >= 0.6 is 0 Å². The van der Waals surface area contributed by atoms with Crippen LogP contribution in [0.2, 0.25) is 0 Å². The molecule has 0 aliphatic carbocycles. The van der Waals surface area contributed by atoms with E-state index in [9.17, 15) is 4.79 Å². The number of aromatic nitrogens is 2. The molecular weight excluding hydrogens is 230 g/mol. The van der Waals surface area contributed by atoms with Crippen molar-refractivity contribution >= 4 is 12.0 Å². The van der Waals surface area contributed by atoms with Crippen molar-refractivity contribution in [2.24, 2.45) is 0 Å². The Hall–Kier alpha value is -1.65. The van der Waals surface area contributed by atoms with Crippen LogP contribution in [0.5, 0.6) is 0 Å². The average molecular weight is 251 g/mol. The first-order valence-corrected chi connectivity index (χ1v) is 6.46. The fourth-order valence-electron chi connectivity index (χ4n) is 1.51. The number of nitrogens with one attached hydrogen (secondary N) is 1. The molecule has 0 atom stereocenters. The van der Waals surface area contributed by atoms with Crippen LogP contribution in [0.25, 0.3) is 6.08 Å². The van der Waals surface area contributed by atoms with Gasteiger partial charge in [0.25, 0.3) is 0 Å². The van der Waals surface area contributed by atoms with Crippen molar-refractivity contribution in [3.63, 3.8) is 0 Å². The fraction of sp³-hybridized carbons (Fsp3) is 0.615. The van der Waals surface area contributed by atoms with Crippen molar-refractivity contribution in [1.29, 1.82) is 0 Å².